The van der Waals surface area contributed by atoms with Gasteiger partial charge in [-0.25, -0.2) is 4.39 Å². The third-order valence-electron chi connectivity index (χ3n) is 3.57. The zero-order valence-corrected chi connectivity index (χ0v) is 10.3. The number of halogens is 2. The highest BCUT2D eigenvalue weighted by Gasteiger charge is 2.39. The minimum atomic E-state index is -1.01. The van der Waals surface area contributed by atoms with Crippen LogP contribution in [0, 0.1) is 0 Å². The van der Waals surface area contributed by atoms with Crippen LogP contribution in [0.15, 0.2) is 24.3 Å². The lowest BCUT2D eigenvalue weighted by Gasteiger charge is -2.38. The first-order valence-electron chi connectivity index (χ1n) is 5.89. The Bertz CT molecular complexity index is 391. The van der Waals surface area contributed by atoms with E-state index in [1.807, 2.05) is 12.1 Å². The largest absolute Gasteiger partial charge is 0.388 e. The molecule has 1 atom stereocenters. The Morgan fingerprint density at radius 1 is 1.41 bits per heavy atom. The van der Waals surface area contributed by atoms with Gasteiger partial charge in [-0.05, 0) is 43.4 Å². The Kier molecular flexibility index (Phi) is 3.71. The molecule has 1 aliphatic rings. The van der Waals surface area contributed by atoms with Crippen LogP contribution in [0.1, 0.15) is 37.3 Å². The molecule has 0 aromatic heterocycles. The summed E-state index contributed by atoms with van der Waals surface area (Å²) in [6, 6.07) is 6.66. The van der Waals surface area contributed by atoms with Crippen LogP contribution in [0.3, 0.4) is 0 Å². The zero-order valence-electron chi connectivity index (χ0n) is 9.57. The summed E-state index contributed by atoms with van der Waals surface area (Å²) in [6.07, 6.45) is 0.765. The van der Waals surface area contributed by atoms with Crippen molar-refractivity contribution in [3.05, 3.63) is 34.9 Å². The molecule has 17 heavy (non-hydrogen) atoms. The lowest BCUT2D eigenvalue weighted by Crippen LogP contribution is -2.44. The quantitative estimate of drug-likeness (QED) is 0.856. The summed E-state index contributed by atoms with van der Waals surface area (Å²) in [7, 11) is 0. The topological polar surface area (TPSA) is 46.2 Å². The molecular weight excluding hydrogens is 241 g/mol. The van der Waals surface area contributed by atoms with Crippen LogP contribution in [0.2, 0.25) is 5.02 Å². The van der Waals surface area contributed by atoms with Gasteiger partial charge in [-0.3, -0.25) is 0 Å². The van der Waals surface area contributed by atoms with Gasteiger partial charge in [0.1, 0.15) is 6.17 Å². The first-order valence-corrected chi connectivity index (χ1v) is 6.26. The van der Waals surface area contributed by atoms with Crippen LogP contribution < -0.4 is 5.73 Å². The van der Waals surface area contributed by atoms with Crippen LogP contribution in [0.5, 0.6) is 0 Å². The van der Waals surface area contributed by atoms with Gasteiger partial charge in [0.15, 0.2) is 0 Å². The maximum absolute atomic E-state index is 13.1. The van der Waals surface area contributed by atoms with E-state index in [4.69, 9.17) is 17.3 Å². The molecule has 0 radical (unpaired) electrons. The van der Waals surface area contributed by atoms with E-state index >= 15 is 0 Å². The van der Waals surface area contributed by atoms with Crippen LogP contribution in [0.25, 0.3) is 0 Å². The van der Waals surface area contributed by atoms with Crippen LogP contribution in [0.4, 0.5) is 4.39 Å². The van der Waals surface area contributed by atoms with E-state index in [0.29, 0.717) is 30.7 Å². The van der Waals surface area contributed by atoms with Crippen molar-refractivity contribution in [3.8, 4) is 0 Å². The van der Waals surface area contributed by atoms with E-state index in [-0.39, 0.29) is 0 Å². The predicted octanol–water partition coefficient (Wildman–Crippen LogP) is 2.98. The average Bonchev–Trinajstić information content (AvgIpc) is 2.32. The Balaban J connectivity index is 2.16. The lowest BCUT2D eigenvalue weighted by atomic mass is 9.77. The van der Waals surface area contributed by atoms with Crippen LogP contribution in [-0.2, 0) is 0 Å². The number of nitrogens with two attached hydrogens (primary N) is 1. The summed E-state index contributed by atoms with van der Waals surface area (Å²) in [6.45, 7) is 0. The summed E-state index contributed by atoms with van der Waals surface area (Å²) in [5, 5.41) is 11.1. The number of aliphatic hydroxyl groups is 1. The van der Waals surface area contributed by atoms with Gasteiger partial charge in [-0.1, -0.05) is 23.7 Å². The molecule has 1 aliphatic carbocycles. The number of rotatable bonds is 2. The van der Waals surface area contributed by atoms with E-state index in [1.54, 1.807) is 12.1 Å². The molecule has 1 aromatic carbocycles. The van der Waals surface area contributed by atoms with Gasteiger partial charge >= 0.3 is 0 Å². The predicted molar refractivity (Wildman–Crippen MR) is 66.7 cm³/mol. The molecule has 3 N–H and O–H groups in total. The van der Waals surface area contributed by atoms with Gasteiger partial charge in [-0.15, -0.1) is 0 Å². The van der Waals surface area contributed by atoms with Crippen LogP contribution >= 0.6 is 11.6 Å². The van der Waals surface area contributed by atoms with E-state index in [9.17, 15) is 9.50 Å². The average molecular weight is 258 g/mol. The van der Waals surface area contributed by atoms with Gasteiger partial charge in [0.05, 0.1) is 11.6 Å². The summed E-state index contributed by atoms with van der Waals surface area (Å²) in [5.41, 5.74) is 5.88. The summed E-state index contributed by atoms with van der Waals surface area (Å²) < 4.78 is 13.1. The molecule has 4 heteroatoms. The second-order valence-corrected chi connectivity index (χ2v) is 5.25. The molecular formula is C13H17ClFNO. The van der Waals surface area contributed by atoms with Crippen molar-refractivity contribution in [1.29, 1.82) is 0 Å². The highest BCUT2D eigenvalue weighted by Crippen LogP contribution is 2.38. The van der Waals surface area contributed by atoms with Gasteiger partial charge in [0.25, 0.3) is 0 Å². The van der Waals surface area contributed by atoms with Crippen LogP contribution in [-0.4, -0.2) is 16.9 Å². The molecule has 2 nitrogen and oxygen atoms in total. The number of benzene rings is 1. The fraction of sp³-hybridized carbons (Fsp3) is 0.538. The summed E-state index contributed by atoms with van der Waals surface area (Å²) in [5.74, 6) is 0. The summed E-state index contributed by atoms with van der Waals surface area (Å²) in [4.78, 5) is 0. The first-order chi connectivity index (χ1) is 8.01. The van der Waals surface area contributed by atoms with Gasteiger partial charge < -0.3 is 10.8 Å². The smallest absolute Gasteiger partial charge is 0.100 e. The third kappa shape index (κ3) is 2.79. The maximum Gasteiger partial charge on any atom is 0.100 e. The molecule has 0 unspecified atom stereocenters. The lowest BCUT2D eigenvalue weighted by molar-refractivity contribution is -0.0363. The summed E-state index contributed by atoms with van der Waals surface area (Å²) >= 11 is 5.90. The van der Waals surface area contributed by atoms with Gasteiger partial charge in [0.2, 0.25) is 0 Å². The van der Waals surface area contributed by atoms with Crippen molar-refractivity contribution in [1.82, 2.24) is 0 Å². The third-order valence-corrected chi connectivity index (χ3v) is 3.80. The molecule has 0 saturated heterocycles. The maximum atomic E-state index is 13.1. The van der Waals surface area contributed by atoms with E-state index in [2.05, 4.69) is 0 Å². The van der Waals surface area contributed by atoms with Crippen molar-refractivity contribution in [3.63, 3.8) is 0 Å². The van der Waals surface area contributed by atoms with E-state index in [0.717, 1.165) is 5.56 Å². The Labute approximate surface area is 106 Å². The Morgan fingerprint density at radius 3 is 2.65 bits per heavy atom. The normalized spacial score (nSPS) is 31.2. The van der Waals surface area contributed by atoms with Crippen molar-refractivity contribution >= 4 is 11.6 Å². The number of hydrogen-bond donors (Lipinski definition) is 2. The fourth-order valence-electron chi connectivity index (χ4n) is 2.40. The van der Waals surface area contributed by atoms with E-state index in [1.165, 1.54) is 0 Å². The Morgan fingerprint density at radius 2 is 2.06 bits per heavy atom. The number of hydrogen-bond acceptors (Lipinski definition) is 2. The molecule has 0 amide bonds. The zero-order chi connectivity index (χ0) is 12.5. The standard InChI is InChI=1S/C13H17ClFNO/c14-10-3-1-2-9(8-10)12(16)13(17)6-4-11(15)5-7-13/h1-3,8,11-12,17H,4-7,16H2/t11-,12-,13-/m0/s1. The molecule has 2 rings (SSSR count). The molecule has 0 aliphatic heterocycles. The minimum absolute atomic E-state index is 0.380. The highest BCUT2D eigenvalue weighted by molar-refractivity contribution is 6.30. The second-order valence-electron chi connectivity index (χ2n) is 4.81. The Hall–Kier alpha value is -0.640. The monoisotopic (exact) mass is 257 g/mol. The molecule has 1 fully saturated rings. The van der Waals surface area contributed by atoms with E-state index < -0.39 is 17.8 Å². The highest BCUT2D eigenvalue weighted by atomic mass is 35.5. The van der Waals surface area contributed by atoms with Crippen molar-refractivity contribution in [2.24, 2.45) is 5.73 Å². The van der Waals surface area contributed by atoms with Crippen molar-refractivity contribution in [2.75, 3.05) is 0 Å². The number of alkyl halides is 1. The second kappa shape index (κ2) is 4.92. The first kappa shape index (κ1) is 12.8. The fourth-order valence-corrected chi connectivity index (χ4v) is 2.60. The SMILES string of the molecule is N[C@@H](c1cccc(Cl)c1)[C@]1(O)CC[C@H](F)CC1. The molecule has 0 spiro atoms. The van der Waals surface area contributed by atoms with Crippen molar-refractivity contribution in [2.45, 2.75) is 43.5 Å². The minimum Gasteiger partial charge on any atom is -0.388 e. The van der Waals surface area contributed by atoms with Gasteiger partial charge in [-0.2, -0.15) is 0 Å². The molecule has 1 aromatic rings. The van der Waals surface area contributed by atoms with Gasteiger partial charge in [0, 0.05) is 5.02 Å². The molecule has 0 heterocycles. The molecule has 1 saturated carbocycles. The molecule has 94 valence electrons. The molecule has 0 bridgehead atoms. The van der Waals surface area contributed by atoms with Crippen molar-refractivity contribution < 1.29 is 9.50 Å².